The van der Waals surface area contributed by atoms with E-state index in [2.05, 4.69) is 0 Å². The summed E-state index contributed by atoms with van der Waals surface area (Å²) in [5.41, 5.74) is 17.4. The molecule has 1 atom stereocenters. The standard InChI is InChI=1S/C16H25N3O4/c1-9-7-12(10(14(18)20)8-11(9)17)23-13(16(2,3)4)5-6-22-15(19)21/h7-8,13H,5-6,17H2,1-4H3,(H2,18,20)(H2,19,21). The van der Waals surface area contributed by atoms with Crippen LogP contribution in [0.25, 0.3) is 0 Å². The van der Waals surface area contributed by atoms with E-state index in [-0.39, 0.29) is 23.7 Å². The van der Waals surface area contributed by atoms with Crippen molar-refractivity contribution in [1.82, 2.24) is 0 Å². The van der Waals surface area contributed by atoms with Crippen molar-refractivity contribution in [1.29, 1.82) is 0 Å². The average molecular weight is 323 g/mol. The third kappa shape index (κ3) is 5.36. The Morgan fingerprint density at radius 1 is 1.22 bits per heavy atom. The number of amides is 2. The number of rotatable bonds is 6. The molecule has 1 aromatic rings. The number of carbonyl (C=O) groups excluding carboxylic acids is 2. The molecule has 0 fully saturated rings. The fourth-order valence-corrected chi connectivity index (χ4v) is 2.08. The molecule has 1 unspecified atom stereocenters. The highest BCUT2D eigenvalue weighted by molar-refractivity contribution is 5.96. The molecule has 1 aromatic carbocycles. The van der Waals surface area contributed by atoms with Gasteiger partial charge in [-0.3, -0.25) is 4.79 Å². The van der Waals surface area contributed by atoms with Crippen LogP contribution in [0.1, 0.15) is 43.1 Å². The summed E-state index contributed by atoms with van der Waals surface area (Å²) in [6.07, 6.45) is -0.726. The van der Waals surface area contributed by atoms with Gasteiger partial charge in [0.25, 0.3) is 5.91 Å². The van der Waals surface area contributed by atoms with E-state index in [4.69, 9.17) is 26.7 Å². The van der Waals surface area contributed by atoms with Gasteiger partial charge in [-0.2, -0.15) is 0 Å². The second-order valence-corrected chi connectivity index (χ2v) is 6.50. The van der Waals surface area contributed by atoms with Gasteiger partial charge < -0.3 is 26.7 Å². The van der Waals surface area contributed by atoms with E-state index in [0.29, 0.717) is 17.9 Å². The summed E-state index contributed by atoms with van der Waals surface area (Å²) in [6.45, 7) is 7.88. The van der Waals surface area contributed by atoms with Crippen molar-refractivity contribution in [3.8, 4) is 5.75 Å². The van der Waals surface area contributed by atoms with Gasteiger partial charge in [-0.05, 0) is 30.0 Å². The molecule has 0 bridgehead atoms. The molecule has 1 rings (SSSR count). The van der Waals surface area contributed by atoms with E-state index < -0.39 is 12.0 Å². The summed E-state index contributed by atoms with van der Waals surface area (Å²) in [7, 11) is 0. The lowest BCUT2D eigenvalue weighted by Crippen LogP contribution is -2.34. The quantitative estimate of drug-likeness (QED) is 0.689. The van der Waals surface area contributed by atoms with Gasteiger partial charge in [0, 0.05) is 12.1 Å². The fourth-order valence-electron chi connectivity index (χ4n) is 2.08. The molecule has 2 amide bonds. The number of aryl methyl sites for hydroxylation is 1. The molecule has 0 aliphatic rings. The lowest BCUT2D eigenvalue weighted by atomic mass is 9.87. The normalized spacial score (nSPS) is 12.5. The molecule has 0 spiro atoms. The Morgan fingerprint density at radius 2 is 1.83 bits per heavy atom. The van der Waals surface area contributed by atoms with Crippen LogP contribution in [-0.2, 0) is 4.74 Å². The molecule has 7 nitrogen and oxygen atoms in total. The van der Waals surface area contributed by atoms with Crippen LogP contribution in [0.5, 0.6) is 5.75 Å². The molecule has 0 aliphatic heterocycles. The Hall–Kier alpha value is -2.44. The summed E-state index contributed by atoms with van der Waals surface area (Å²) >= 11 is 0. The maximum Gasteiger partial charge on any atom is 0.404 e. The van der Waals surface area contributed by atoms with Gasteiger partial charge in [0.2, 0.25) is 0 Å². The van der Waals surface area contributed by atoms with Crippen molar-refractivity contribution >= 4 is 17.7 Å². The first-order valence-corrected chi connectivity index (χ1v) is 7.31. The van der Waals surface area contributed by atoms with Crippen LogP contribution in [0.3, 0.4) is 0 Å². The van der Waals surface area contributed by atoms with Crippen LogP contribution < -0.4 is 21.9 Å². The number of nitrogen functional groups attached to an aromatic ring is 1. The molecule has 0 heterocycles. The monoisotopic (exact) mass is 323 g/mol. The molecule has 0 saturated heterocycles. The zero-order valence-electron chi connectivity index (χ0n) is 14.0. The summed E-state index contributed by atoms with van der Waals surface area (Å²) in [5.74, 6) is -0.254. The first-order valence-electron chi connectivity index (χ1n) is 7.31. The van der Waals surface area contributed by atoms with Crippen molar-refractivity contribution in [3.05, 3.63) is 23.3 Å². The molecule has 6 N–H and O–H groups in total. The van der Waals surface area contributed by atoms with Gasteiger partial charge in [-0.1, -0.05) is 20.8 Å². The number of anilines is 1. The predicted molar refractivity (Wildman–Crippen MR) is 88.1 cm³/mol. The van der Waals surface area contributed by atoms with E-state index >= 15 is 0 Å². The van der Waals surface area contributed by atoms with Gasteiger partial charge in [-0.15, -0.1) is 0 Å². The maximum atomic E-state index is 11.6. The Balaban J connectivity index is 3.05. The molecule has 0 radical (unpaired) electrons. The van der Waals surface area contributed by atoms with E-state index in [0.717, 1.165) is 5.56 Å². The minimum Gasteiger partial charge on any atom is -0.489 e. The molecule has 128 valence electrons. The molecule has 23 heavy (non-hydrogen) atoms. The van der Waals surface area contributed by atoms with E-state index in [1.807, 2.05) is 27.7 Å². The average Bonchev–Trinajstić information content (AvgIpc) is 2.39. The molecule has 0 aliphatic carbocycles. The third-order valence-electron chi connectivity index (χ3n) is 3.49. The number of benzene rings is 1. The molecular weight excluding hydrogens is 298 g/mol. The Kier molecular flexibility index (Phi) is 5.84. The lowest BCUT2D eigenvalue weighted by Gasteiger charge is -2.31. The van der Waals surface area contributed by atoms with Crippen molar-refractivity contribution in [2.75, 3.05) is 12.3 Å². The third-order valence-corrected chi connectivity index (χ3v) is 3.49. The van der Waals surface area contributed by atoms with Crippen LogP contribution in [0.15, 0.2) is 12.1 Å². The summed E-state index contributed by atoms with van der Waals surface area (Å²) in [5, 5.41) is 0. The summed E-state index contributed by atoms with van der Waals surface area (Å²) in [4.78, 5) is 22.3. The Bertz CT molecular complexity index is 594. The zero-order valence-corrected chi connectivity index (χ0v) is 14.0. The maximum absolute atomic E-state index is 11.6. The lowest BCUT2D eigenvalue weighted by molar-refractivity contribution is 0.0550. The highest BCUT2D eigenvalue weighted by Crippen LogP contribution is 2.31. The molecule has 0 saturated carbocycles. The van der Waals surface area contributed by atoms with Crippen LogP contribution in [-0.4, -0.2) is 24.7 Å². The minimum absolute atomic E-state index is 0.122. The van der Waals surface area contributed by atoms with E-state index in [1.54, 1.807) is 6.07 Å². The Labute approximate surface area is 136 Å². The number of ether oxygens (including phenoxy) is 2. The van der Waals surface area contributed by atoms with Gasteiger partial charge in [0.05, 0.1) is 12.2 Å². The number of hydrogen-bond donors (Lipinski definition) is 3. The first-order chi connectivity index (χ1) is 10.5. The molecule has 7 heteroatoms. The van der Waals surface area contributed by atoms with Gasteiger partial charge in [-0.25, -0.2) is 4.79 Å². The van der Waals surface area contributed by atoms with Crippen LogP contribution in [0, 0.1) is 12.3 Å². The predicted octanol–water partition coefficient (Wildman–Crippen LogP) is 1.96. The summed E-state index contributed by atoms with van der Waals surface area (Å²) in [6, 6.07) is 3.19. The van der Waals surface area contributed by atoms with Gasteiger partial charge in [0.1, 0.15) is 11.9 Å². The van der Waals surface area contributed by atoms with Crippen molar-refractivity contribution in [2.24, 2.45) is 16.9 Å². The second-order valence-electron chi connectivity index (χ2n) is 6.50. The highest BCUT2D eigenvalue weighted by atomic mass is 16.5. The van der Waals surface area contributed by atoms with Gasteiger partial charge in [0.15, 0.2) is 0 Å². The number of hydrogen-bond acceptors (Lipinski definition) is 5. The smallest absolute Gasteiger partial charge is 0.404 e. The largest absolute Gasteiger partial charge is 0.489 e. The number of primary amides is 2. The van der Waals surface area contributed by atoms with Crippen LogP contribution >= 0.6 is 0 Å². The van der Waals surface area contributed by atoms with Crippen molar-refractivity contribution in [3.63, 3.8) is 0 Å². The Morgan fingerprint density at radius 3 is 2.30 bits per heavy atom. The van der Waals surface area contributed by atoms with Crippen molar-refractivity contribution < 1.29 is 19.1 Å². The first kappa shape index (κ1) is 18.6. The summed E-state index contributed by atoms with van der Waals surface area (Å²) < 4.78 is 10.8. The minimum atomic E-state index is -0.834. The van der Waals surface area contributed by atoms with Crippen LogP contribution in [0.2, 0.25) is 0 Å². The molecule has 0 aromatic heterocycles. The van der Waals surface area contributed by atoms with Gasteiger partial charge >= 0.3 is 6.09 Å². The number of carbonyl (C=O) groups is 2. The van der Waals surface area contributed by atoms with Crippen molar-refractivity contribution in [2.45, 2.75) is 40.2 Å². The van der Waals surface area contributed by atoms with E-state index in [1.165, 1.54) is 6.07 Å². The molecular formula is C16H25N3O4. The van der Waals surface area contributed by atoms with E-state index in [9.17, 15) is 9.59 Å². The SMILES string of the molecule is Cc1cc(OC(CCOC(N)=O)C(C)(C)C)c(C(N)=O)cc1N. The highest BCUT2D eigenvalue weighted by Gasteiger charge is 2.28. The fraction of sp³-hybridized carbons (Fsp3) is 0.500. The van der Waals surface area contributed by atoms with Crippen LogP contribution in [0.4, 0.5) is 10.5 Å². The second kappa shape index (κ2) is 7.21. The zero-order chi connectivity index (χ0) is 17.8. The number of nitrogens with two attached hydrogens (primary N) is 3. The topological polar surface area (TPSA) is 131 Å².